The number of rotatable bonds is 8. The molecule has 0 saturated carbocycles. The lowest BCUT2D eigenvalue weighted by Crippen LogP contribution is -2.23. The van der Waals surface area contributed by atoms with Crippen LogP contribution in [-0.4, -0.2) is 40.2 Å². The largest absolute Gasteiger partial charge is 0.497 e. The number of anilines is 3. The molecule has 8 nitrogen and oxygen atoms in total. The van der Waals surface area contributed by atoms with Gasteiger partial charge in [0, 0.05) is 24.0 Å². The third kappa shape index (κ3) is 6.11. The van der Waals surface area contributed by atoms with Crippen LogP contribution in [0, 0.1) is 11.8 Å². The first kappa shape index (κ1) is 26.6. The van der Waals surface area contributed by atoms with Gasteiger partial charge in [0.25, 0.3) is 0 Å². The summed E-state index contributed by atoms with van der Waals surface area (Å²) in [6, 6.07) is 22.8. The second kappa shape index (κ2) is 11.9. The van der Waals surface area contributed by atoms with Gasteiger partial charge in [0.1, 0.15) is 23.6 Å². The van der Waals surface area contributed by atoms with E-state index in [9.17, 15) is 0 Å². The van der Waals surface area contributed by atoms with E-state index in [0.717, 1.165) is 77.1 Å². The molecule has 0 spiro atoms. The molecule has 210 valence electrons. The highest BCUT2D eigenvalue weighted by Crippen LogP contribution is 2.35. The smallest absolute Gasteiger partial charge is 0.201 e. The van der Waals surface area contributed by atoms with Crippen molar-refractivity contribution in [1.29, 1.82) is 0 Å². The molecule has 41 heavy (non-hydrogen) atoms. The Balaban J connectivity index is 1.17. The van der Waals surface area contributed by atoms with Crippen molar-refractivity contribution in [3.63, 3.8) is 0 Å². The third-order valence-corrected chi connectivity index (χ3v) is 7.87. The summed E-state index contributed by atoms with van der Waals surface area (Å²) < 4.78 is 11.5. The molecule has 5 aromatic rings. The Morgan fingerprint density at radius 3 is 2.66 bits per heavy atom. The van der Waals surface area contributed by atoms with E-state index < -0.39 is 0 Å². The van der Waals surface area contributed by atoms with Gasteiger partial charge in [0.2, 0.25) is 5.95 Å². The molecule has 2 unspecified atom stereocenters. The zero-order valence-corrected chi connectivity index (χ0v) is 23.8. The van der Waals surface area contributed by atoms with Crippen LogP contribution in [-0.2, 0) is 12.8 Å². The van der Waals surface area contributed by atoms with Crippen LogP contribution >= 0.6 is 0 Å². The van der Waals surface area contributed by atoms with Gasteiger partial charge in [-0.15, -0.1) is 0 Å². The summed E-state index contributed by atoms with van der Waals surface area (Å²) in [4.78, 5) is 17.0. The fourth-order valence-electron chi connectivity index (χ4n) is 5.59. The molecule has 0 bridgehead atoms. The molecular formula is C33H36N6O2. The average Bonchev–Trinajstić information content (AvgIpc) is 3.39. The van der Waals surface area contributed by atoms with E-state index in [1.165, 1.54) is 11.1 Å². The third-order valence-electron chi connectivity index (χ3n) is 7.87. The Kier molecular flexibility index (Phi) is 7.71. The number of nitrogens with one attached hydrogen (secondary N) is 3. The summed E-state index contributed by atoms with van der Waals surface area (Å²) in [5.74, 6) is 4.32. The molecule has 1 aliphatic heterocycles. The molecule has 3 heterocycles. The van der Waals surface area contributed by atoms with Gasteiger partial charge in [-0.25, -0.2) is 15.0 Å². The van der Waals surface area contributed by atoms with Gasteiger partial charge in [0.15, 0.2) is 0 Å². The normalized spacial score (nSPS) is 16.8. The highest BCUT2D eigenvalue weighted by Gasteiger charge is 2.24. The second-order valence-electron chi connectivity index (χ2n) is 10.7. The average molecular weight is 549 g/mol. The van der Waals surface area contributed by atoms with Crippen molar-refractivity contribution in [2.75, 3.05) is 30.9 Å². The molecule has 1 aliphatic rings. The van der Waals surface area contributed by atoms with Gasteiger partial charge < -0.3 is 25.1 Å². The number of hydrogen-bond acceptors (Lipinski definition) is 7. The monoisotopic (exact) mass is 548 g/mol. The number of methoxy groups -OCH3 is 1. The highest BCUT2D eigenvalue weighted by atomic mass is 16.5. The van der Waals surface area contributed by atoms with Crippen LogP contribution < -0.4 is 20.1 Å². The predicted octanol–water partition coefficient (Wildman–Crippen LogP) is 7.02. The fraction of sp³-hybridized carbons (Fsp3) is 0.303. The molecule has 3 N–H and O–H groups in total. The van der Waals surface area contributed by atoms with Gasteiger partial charge in [0.05, 0.1) is 24.8 Å². The Morgan fingerprint density at radius 2 is 1.83 bits per heavy atom. The van der Waals surface area contributed by atoms with Crippen molar-refractivity contribution in [3.05, 3.63) is 84.3 Å². The van der Waals surface area contributed by atoms with Gasteiger partial charge in [-0.3, -0.25) is 0 Å². The van der Waals surface area contributed by atoms with E-state index in [4.69, 9.17) is 9.47 Å². The summed E-state index contributed by atoms with van der Waals surface area (Å²) in [5.41, 5.74) is 7.58. The minimum atomic E-state index is 0.446. The molecule has 0 amide bonds. The Morgan fingerprint density at radius 1 is 1.00 bits per heavy atom. The van der Waals surface area contributed by atoms with E-state index in [1.807, 2.05) is 24.3 Å². The fourth-order valence-corrected chi connectivity index (χ4v) is 5.59. The molecule has 0 aliphatic carbocycles. The molecule has 0 radical (unpaired) electrons. The lowest BCUT2D eigenvalue weighted by atomic mass is 9.82. The van der Waals surface area contributed by atoms with Crippen molar-refractivity contribution in [1.82, 2.24) is 19.9 Å². The number of aromatic nitrogens is 4. The zero-order valence-electron chi connectivity index (χ0n) is 23.8. The number of fused-ring (bicyclic) bond motifs is 2. The Hall–Kier alpha value is -4.59. The minimum absolute atomic E-state index is 0.446. The first-order valence-corrected chi connectivity index (χ1v) is 14.3. The van der Waals surface area contributed by atoms with E-state index in [0.29, 0.717) is 18.4 Å². The van der Waals surface area contributed by atoms with Crippen LogP contribution in [0.2, 0.25) is 0 Å². The maximum Gasteiger partial charge on any atom is 0.201 e. The topological polar surface area (TPSA) is 97.0 Å². The SMILES string of the molecule is CCNc1nc2ccc(-c3ccc4c(c3)CC(C)C(Cc3cc(Nc5ccc(OC)cc5)ncn3)CCO4)cc2[nH]1. The number of aromatic amines is 1. The number of H-pyrrole nitrogens is 1. The van der Waals surface area contributed by atoms with Crippen molar-refractivity contribution >= 4 is 28.5 Å². The van der Waals surface area contributed by atoms with Gasteiger partial charge >= 0.3 is 0 Å². The van der Waals surface area contributed by atoms with Crippen molar-refractivity contribution in [2.45, 2.75) is 33.1 Å². The van der Waals surface area contributed by atoms with Crippen LogP contribution in [0.25, 0.3) is 22.2 Å². The summed E-state index contributed by atoms with van der Waals surface area (Å²) in [7, 11) is 1.67. The molecule has 0 fully saturated rings. The summed E-state index contributed by atoms with van der Waals surface area (Å²) in [5, 5.41) is 6.63. The lowest BCUT2D eigenvalue weighted by molar-refractivity contribution is 0.221. The van der Waals surface area contributed by atoms with Gasteiger partial charge in [-0.05, 0) is 103 Å². The number of hydrogen-bond donors (Lipinski definition) is 3. The van der Waals surface area contributed by atoms with Crippen LogP contribution in [0.3, 0.4) is 0 Å². The summed E-state index contributed by atoms with van der Waals surface area (Å²) >= 11 is 0. The molecule has 6 rings (SSSR count). The quantitative estimate of drug-likeness (QED) is 0.192. The Bertz CT molecular complexity index is 1630. The molecule has 2 aromatic heterocycles. The molecular weight excluding hydrogens is 512 g/mol. The second-order valence-corrected chi connectivity index (χ2v) is 10.7. The maximum absolute atomic E-state index is 6.28. The predicted molar refractivity (Wildman–Crippen MR) is 164 cm³/mol. The van der Waals surface area contributed by atoms with Crippen LogP contribution in [0.1, 0.15) is 31.5 Å². The number of imidazole rings is 1. The van der Waals surface area contributed by atoms with Crippen LogP contribution in [0.15, 0.2) is 73.1 Å². The lowest BCUT2D eigenvalue weighted by Gasteiger charge is -2.28. The van der Waals surface area contributed by atoms with Crippen molar-refractivity contribution < 1.29 is 9.47 Å². The summed E-state index contributed by atoms with van der Waals surface area (Å²) in [6.45, 7) is 5.94. The van der Waals surface area contributed by atoms with Gasteiger partial charge in [-0.2, -0.15) is 0 Å². The van der Waals surface area contributed by atoms with Crippen LogP contribution in [0.5, 0.6) is 11.5 Å². The van der Waals surface area contributed by atoms with E-state index >= 15 is 0 Å². The van der Waals surface area contributed by atoms with E-state index in [2.05, 4.69) is 86.9 Å². The minimum Gasteiger partial charge on any atom is -0.497 e. The van der Waals surface area contributed by atoms with E-state index in [-0.39, 0.29) is 0 Å². The first-order valence-electron chi connectivity index (χ1n) is 14.3. The highest BCUT2D eigenvalue weighted by molar-refractivity contribution is 5.83. The molecule has 3 aromatic carbocycles. The number of benzene rings is 3. The van der Waals surface area contributed by atoms with Crippen molar-refractivity contribution in [2.24, 2.45) is 11.8 Å². The molecule has 2 atom stereocenters. The first-order chi connectivity index (χ1) is 20.1. The standard InChI is InChI=1S/C33H36N6O2/c1-4-34-33-38-29-11-5-24(18-30(29)39-33)23-6-12-31-25(16-23)15-21(2)22(13-14-41-31)17-27-19-32(36-20-35-27)37-26-7-9-28(40-3)10-8-26/h5-12,16,18-22H,4,13-15,17H2,1-3H3,(H2,34,38,39)(H,35,36,37). The van der Waals surface area contributed by atoms with E-state index in [1.54, 1.807) is 13.4 Å². The summed E-state index contributed by atoms with van der Waals surface area (Å²) in [6.07, 6.45) is 4.46. The molecule has 0 saturated heterocycles. The van der Waals surface area contributed by atoms with Gasteiger partial charge in [-0.1, -0.05) is 19.1 Å². The number of nitrogens with zero attached hydrogens (tertiary/aromatic N) is 3. The zero-order chi connectivity index (χ0) is 28.2. The molecule has 8 heteroatoms. The number of ether oxygens (including phenoxy) is 2. The van der Waals surface area contributed by atoms with Crippen molar-refractivity contribution in [3.8, 4) is 22.6 Å². The maximum atomic E-state index is 6.28. The van der Waals surface area contributed by atoms with Crippen LogP contribution in [0.4, 0.5) is 17.5 Å². The Labute approximate surface area is 240 Å².